The molecule has 0 bridgehead atoms. The van der Waals surface area contributed by atoms with Crippen LogP contribution in [0.4, 0.5) is 20.3 Å². The predicted octanol–water partition coefficient (Wildman–Crippen LogP) is 2.19. The molecule has 0 aromatic carbocycles. The molecule has 0 saturated carbocycles. The molecule has 0 aliphatic carbocycles. The second-order valence-corrected chi connectivity index (χ2v) is 9.14. The number of nitrogens with zero attached hydrogens (tertiary/aromatic N) is 6. The van der Waals surface area contributed by atoms with Gasteiger partial charge in [-0.3, -0.25) is 14.6 Å². The lowest BCUT2D eigenvalue weighted by atomic mass is 9.93. The molecule has 10 nitrogen and oxygen atoms in total. The number of nitrogens with one attached hydrogen (secondary N) is 1. The van der Waals surface area contributed by atoms with Crippen LogP contribution in [-0.4, -0.2) is 74.4 Å². The van der Waals surface area contributed by atoms with E-state index in [0.717, 1.165) is 49.0 Å². The van der Waals surface area contributed by atoms with Gasteiger partial charge in [0.25, 0.3) is 5.91 Å². The van der Waals surface area contributed by atoms with E-state index in [2.05, 4.69) is 32.3 Å². The topological polar surface area (TPSA) is 122 Å². The largest absolute Gasteiger partial charge is 0.381 e. The molecule has 0 radical (unpaired) electrons. The Kier molecular flexibility index (Phi) is 6.35. The van der Waals surface area contributed by atoms with Gasteiger partial charge < -0.3 is 20.9 Å². The third-order valence-corrected chi connectivity index (χ3v) is 6.75. The minimum atomic E-state index is -0.675. The van der Waals surface area contributed by atoms with Crippen molar-refractivity contribution in [3.63, 3.8) is 0 Å². The molecular formula is C24H26F2N8O2. The number of piperidine rings is 1. The quantitative estimate of drug-likeness (QED) is 0.568. The molecule has 1 saturated heterocycles. The van der Waals surface area contributed by atoms with E-state index in [0.29, 0.717) is 25.1 Å². The van der Waals surface area contributed by atoms with Gasteiger partial charge >= 0.3 is 0 Å². The molecule has 5 rings (SSSR count). The maximum absolute atomic E-state index is 15.0. The number of nitrogen functional groups attached to an aromatic ring is 1. The fourth-order valence-electron chi connectivity index (χ4n) is 4.80. The van der Waals surface area contributed by atoms with Crippen molar-refractivity contribution in [1.82, 2.24) is 29.4 Å². The predicted molar refractivity (Wildman–Crippen MR) is 129 cm³/mol. The first kappa shape index (κ1) is 23.8. The minimum absolute atomic E-state index is 0.0158. The number of fused-ring (bicyclic) bond motifs is 1. The number of hydrogen-bond donors (Lipinski definition) is 2. The number of amides is 2. The first-order chi connectivity index (χ1) is 17.3. The van der Waals surface area contributed by atoms with Gasteiger partial charge in [0.15, 0.2) is 23.1 Å². The van der Waals surface area contributed by atoms with Crippen molar-refractivity contribution in [2.24, 2.45) is 5.92 Å². The van der Waals surface area contributed by atoms with Crippen LogP contribution >= 0.6 is 0 Å². The van der Waals surface area contributed by atoms with Crippen molar-refractivity contribution in [1.29, 1.82) is 0 Å². The minimum Gasteiger partial charge on any atom is -0.381 e. The van der Waals surface area contributed by atoms with E-state index in [1.807, 2.05) is 6.08 Å². The number of anilines is 2. The lowest BCUT2D eigenvalue weighted by Gasteiger charge is -2.34. The Bertz CT molecular complexity index is 1360. The summed E-state index contributed by atoms with van der Waals surface area (Å²) in [6, 6.07) is 0. The number of carbonyl (C=O) groups is 2. The standard InChI is InChI=1S/C24H26F2N8O2/c1-32-6-2-15(3-7-32)24(36)33-8-4-14(5-9-33)19-17(26)11-28-12-18(19)30-23(35)20-21(27)31-34-13-16(25)10-29-22(20)34/h4,10-13,15H,2-3,5-9H2,1H3,(H2,27,31)(H,30,35). The van der Waals surface area contributed by atoms with Gasteiger partial charge in [0, 0.05) is 24.6 Å². The highest BCUT2D eigenvalue weighted by Gasteiger charge is 2.29. The van der Waals surface area contributed by atoms with E-state index in [1.54, 1.807) is 4.90 Å². The van der Waals surface area contributed by atoms with E-state index in [9.17, 15) is 18.4 Å². The highest BCUT2D eigenvalue weighted by Crippen LogP contribution is 2.32. The van der Waals surface area contributed by atoms with Crippen molar-refractivity contribution >= 4 is 34.5 Å². The molecule has 2 aliphatic rings. The molecular weight excluding hydrogens is 470 g/mol. The van der Waals surface area contributed by atoms with E-state index >= 15 is 0 Å². The average Bonchev–Trinajstić information content (AvgIpc) is 3.19. The SMILES string of the molecule is CN1CCC(C(=O)N2CC=C(c3c(F)cncc3NC(=O)c3c(N)nn4cc(F)cnc34)CC2)CC1. The maximum Gasteiger partial charge on any atom is 0.263 e. The summed E-state index contributed by atoms with van der Waals surface area (Å²) in [6.45, 7) is 2.63. The summed E-state index contributed by atoms with van der Waals surface area (Å²) < 4.78 is 29.5. The summed E-state index contributed by atoms with van der Waals surface area (Å²) in [6.07, 6.45) is 8.36. The Labute approximate surface area is 205 Å². The van der Waals surface area contributed by atoms with Gasteiger partial charge in [0.2, 0.25) is 5.91 Å². The number of pyridine rings is 1. The maximum atomic E-state index is 15.0. The average molecular weight is 497 g/mol. The fourth-order valence-corrected chi connectivity index (χ4v) is 4.80. The lowest BCUT2D eigenvalue weighted by Crippen LogP contribution is -2.43. The molecule has 2 aliphatic heterocycles. The number of carbonyl (C=O) groups excluding carboxylic acids is 2. The summed E-state index contributed by atoms with van der Waals surface area (Å²) in [7, 11) is 2.05. The molecule has 3 aromatic heterocycles. The van der Waals surface area contributed by atoms with Crippen molar-refractivity contribution in [3.8, 4) is 0 Å². The van der Waals surface area contributed by atoms with Crippen LogP contribution in [0.3, 0.4) is 0 Å². The van der Waals surface area contributed by atoms with Crippen molar-refractivity contribution in [3.05, 3.63) is 53.6 Å². The van der Waals surface area contributed by atoms with E-state index in [4.69, 9.17) is 5.73 Å². The Hall–Kier alpha value is -3.93. The number of halogens is 2. The Morgan fingerprint density at radius 3 is 2.64 bits per heavy atom. The van der Waals surface area contributed by atoms with E-state index < -0.39 is 17.5 Å². The summed E-state index contributed by atoms with van der Waals surface area (Å²) in [5, 5.41) is 6.58. The fraction of sp³-hybridized carbons (Fsp3) is 0.375. The Morgan fingerprint density at radius 1 is 1.14 bits per heavy atom. The van der Waals surface area contributed by atoms with Crippen LogP contribution in [0, 0.1) is 17.6 Å². The second-order valence-electron chi connectivity index (χ2n) is 9.14. The highest BCUT2D eigenvalue weighted by molar-refractivity contribution is 6.12. The van der Waals surface area contributed by atoms with Crippen LogP contribution in [0.15, 0.2) is 30.9 Å². The normalized spacial score (nSPS) is 17.3. The zero-order chi connectivity index (χ0) is 25.4. The van der Waals surface area contributed by atoms with Gasteiger partial charge in [0.05, 0.1) is 30.5 Å². The lowest BCUT2D eigenvalue weighted by molar-refractivity contribution is -0.136. The summed E-state index contributed by atoms with van der Waals surface area (Å²) in [5.41, 5.74) is 6.93. The summed E-state index contributed by atoms with van der Waals surface area (Å²) in [5.74, 6) is -1.90. The van der Waals surface area contributed by atoms with Gasteiger partial charge in [-0.25, -0.2) is 18.3 Å². The van der Waals surface area contributed by atoms with Crippen LogP contribution in [0.2, 0.25) is 0 Å². The zero-order valence-electron chi connectivity index (χ0n) is 19.7. The van der Waals surface area contributed by atoms with Gasteiger partial charge in [-0.15, -0.1) is 5.10 Å². The number of rotatable bonds is 4. The van der Waals surface area contributed by atoms with E-state index in [-0.39, 0.29) is 40.1 Å². The molecule has 0 atom stereocenters. The third kappa shape index (κ3) is 4.51. The van der Waals surface area contributed by atoms with Crippen molar-refractivity contribution in [2.45, 2.75) is 19.3 Å². The molecule has 5 heterocycles. The van der Waals surface area contributed by atoms with Crippen molar-refractivity contribution < 1.29 is 18.4 Å². The Balaban J connectivity index is 1.36. The van der Waals surface area contributed by atoms with Gasteiger partial charge in [-0.1, -0.05) is 6.08 Å². The first-order valence-corrected chi connectivity index (χ1v) is 11.7. The molecule has 0 spiro atoms. The van der Waals surface area contributed by atoms with Gasteiger partial charge in [-0.05, 0) is 45.0 Å². The smallest absolute Gasteiger partial charge is 0.263 e. The first-order valence-electron chi connectivity index (χ1n) is 11.7. The molecule has 0 unspecified atom stereocenters. The third-order valence-electron chi connectivity index (χ3n) is 6.75. The number of hydrogen-bond acceptors (Lipinski definition) is 7. The molecule has 188 valence electrons. The van der Waals surface area contributed by atoms with Crippen molar-refractivity contribution in [2.75, 3.05) is 44.3 Å². The molecule has 3 aromatic rings. The zero-order valence-corrected chi connectivity index (χ0v) is 19.7. The van der Waals surface area contributed by atoms with Crippen LogP contribution in [-0.2, 0) is 4.79 Å². The van der Waals surface area contributed by atoms with E-state index in [1.165, 1.54) is 6.20 Å². The van der Waals surface area contributed by atoms with Crippen LogP contribution in [0.1, 0.15) is 35.2 Å². The van der Waals surface area contributed by atoms with Crippen LogP contribution < -0.4 is 11.1 Å². The number of aromatic nitrogens is 4. The number of nitrogens with two attached hydrogens (primary N) is 1. The molecule has 12 heteroatoms. The summed E-state index contributed by atoms with van der Waals surface area (Å²) in [4.78, 5) is 37.8. The molecule has 36 heavy (non-hydrogen) atoms. The second kappa shape index (κ2) is 9.61. The molecule has 3 N–H and O–H groups in total. The summed E-state index contributed by atoms with van der Waals surface area (Å²) >= 11 is 0. The van der Waals surface area contributed by atoms with Crippen LogP contribution in [0.25, 0.3) is 11.2 Å². The van der Waals surface area contributed by atoms with Gasteiger partial charge in [-0.2, -0.15) is 0 Å². The highest BCUT2D eigenvalue weighted by atomic mass is 19.1. The molecule has 1 fully saturated rings. The Morgan fingerprint density at radius 2 is 1.92 bits per heavy atom. The molecule has 2 amide bonds. The van der Waals surface area contributed by atoms with Gasteiger partial charge in [0.1, 0.15) is 5.56 Å². The monoisotopic (exact) mass is 496 g/mol. The van der Waals surface area contributed by atoms with Crippen LogP contribution in [0.5, 0.6) is 0 Å². The number of likely N-dealkylation sites (tertiary alicyclic amines) is 1.